The Bertz CT molecular complexity index is 1000. The minimum absolute atomic E-state index is 0.0656. The molecule has 0 bridgehead atoms. The van der Waals surface area contributed by atoms with Crippen molar-refractivity contribution in [3.8, 4) is 22.9 Å². The van der Waals surface area contributed by atoms with Crippen LogP contribution >= 0.6 is 0 Å². The lowest BCUT2D eigenvalue weighted by Crippen LogP contribution is -2.41. The van der Waals surface area contributed by atoms with Crippen LogP contribution < -0.4 is 20.3 Å². The van der Waals surface area contributed by atoms with Gasteiger partial charge in [-0.15, -0.1) is 0 Å². The molecule has 0 atom stereocenters. The van der Waals surface area contributed by atoms with Gasteiger partial charge in [-0.25, -0.2) is 0 Å². The Hall–Kier alpha value is -3.95. The second-order valence-corrected chi connectivity index (χ2v) is 5.82. The number of hydrazine groups is 1. The smallest absolute Gasteiger partial charge is 0.269 e. The molecule has 28 heavy (non-hydrogen) atoms. The van der Waals surface area contributed by atoms with Gasteiger partial charge in [-0.2, -0.15) is 4.98 Å². The predicted octanol–water partition coefficient (Wildman–Crippen LogP) is 1.25. The second-order valence-electron chi connectivity index (χ2n) is 5.82. The van der Waals surface area contributed by atoms with Crippen molar-refractivity contribution in [1.82, 2.24) is 26.0 Å². The van der Waals surface area contributed by atoms with Crippen LogP contribution in [0.3, 0.4) is 0 Å². The highest BCUT2D eigenvalue weighted by Gasteiger charge is 2.17. The molecule has 2 aromatic heterocycles. The minimum Gasteiger partial charge on any atom is -0.454 e. The number of pyridine rings is 1. The molecule has 0 spiro atoms. The second kappa shape index (κ2) is 7.74. The Morgan fingerprint density at radius 1 is 1.11 bits per heavy atom. The molecule has 10 heteroatoms. The van der Waals surface area contributed by atoms with Crippen LogP contribution in [0, 0.1) is 0 Å². The van der Waals surface area contributed by atoms with Gasteiger partial charge in [-0.1, -0.05) is 5.16 Å². The van der Waals surface area contributed by atoms with Crippen LogP contribution in [0.5, 0.6) is 11.5 Å². The van der Waals surface area contributed by atoms with Gasteiger partial charge in [0, 0.05) is 36.4 Å². The van der Waals surface area contributed by atoms with Gasteiger partial charge >= 0.3 is 0 Å². The first-order valence-corrected chi connectivity index (χ1v) is 8.41. The quantitative estimate of drug-likeness (QED) is 0.632. The summed E-state index contributed by atoms with van der Waals surface area (Å²) in [5.74, 6) is 0.917. The molecule has 0 fully saturated rings. The number of amides is 2. The Morgan fingerprint density at radius 2 is 2.00 bits per heavy atom. The summed E-state index contributed by atoms with van der Waals surface area (Å²) in [4.78, 5) is 32.3. The molecule has 0 unspecified atom stereocenters. The van der Waals surface area contributed by atoms with Crippen molar-refractivity contribution in [3.63, 3.8) is 0 Å². The van der Waals surface area contributed by atoms with Crippen molar-refractivity contribution >= 4 is 11.8 Å². The Labute approximate surface area is 158 Å². The molecule has 1 aliphatic rings. The van der Waals surface area contributed by atoms with E-state index in [2.05, 4.69) is 26.0 Å². The fraction of sp³-hybridized carbons (Fsp3) is 0.167. The van der Waals surface area contributed by atoms with Gasteiger partial charge in [0.05, 0.1) is 0 Å². The van der Waals surface area contributed by atoms with Crippen molar-refractivity contribution in [3.05, 3.63) is 54.2 Å². The number of nitrogens with one attached hydrogen (secondary N) is 2. The summed E-state index contributed by atoms with van der Waals surface area (Å²) in [5, 5.41) is 3.86. The molecule has 10 nitrogen and oxygen atoms in total. The molecule has 0 aliphatic carbocycles. The van der Waals surface area contributed by atoms with Gasteiger partial charge in [0.25, 0.3) is 5.91 Å². The number of carbonyl (C=O) groups excluding carboxylic acids is 2. The van der Waals surface area contributed by atoms with E-state index < -0.39 is 11.8 Å². The van der Waals surface area contributed by atoms with E-state index in [9.17, 15) is 9.59 Å². The number of aryl methyl sites for hydroxylation is 1. The largest absolute Gasteiger partial charge is 0.454 e. The number of carbonyl (C=O) groups is 2. The maximum absolute atomic E-state index is 12.1. The Balaban J connectivity index is 1.26. The van der Waals surface area contributed by atoms with Crippen molar-refractivity contribution in [1.29, 1.82) is 0 Å². The fourth-order valence-corrected chi connectivity index (χ4v) is 2.49. The SMILES string of the molecule is O=C(CCc1nc(-c2cccnc2)no1)NNC(=O)c1ccc2c(c1)OCO2. The van der Waals surface area contributed by atoms with Gasteiger partial charge in [-0.05, 0) is 30.3 Å². The molecule has 3 aromatic rings. The lowest BCUT2D eigenvalue weighted by atomic mass is 10.2. The maximum atomic E-state index is 12.1. The molecular weight excluding hydrogens is 366 g/mol. The van der Waals surface area contributed by atoms with Gasteiger partial charge in [0.2, 0.25) is 24.4 Å². The van der Waals surface area contributed by atoms with Gasteiger partial charge < -0.3 is 14.0 Å². The molecule has 2 amide bonds. The number of fused-ring (bicyclic) bond motifs is 1. The zero-order valence-corrected chi connectivity index (χ0v) is 14.5. The van der Waals surface area contributed by atoms with Crippen molar-refractivity contribution in [2.45, 2.75) is 12.8 Å². The zero-order chi connectivity index (χ0) is 19.3. The summed E-state index contributed by atoms with van der Waals surface area (Å²) in [6.07, 6.45) is 3.56. The van der Waals surface area contributed by atoms with E-state index >= 15 is 0 Å². The number of hydrogen-bond acceptors (Lipinski definition) is 8. The van der Waals surface area contributed by atoms with Crippen LogP contribution in [0.15, 0.2) is 47.2 Å². The van der Waals surface area contributed by atoms with Crippen molar-refractivity contribution in [2.24, 2.45) is 0 Å². The highest BCUT2D eigenvalue weighted by Crippen LogP contribution is 2.32. The Morgan fingerprint density at radius 3 is 2.86 bits per heavy atom. The third-order valence-corrected chi connectivity index (χ3v) is 3.90. The summed E-state index contributed by atoms with van der Waals surface area (Å²) in [7, 11) is 0. The zero-order valence-electron chi connectivity index (χ0n) is 14.5. The van der Waals surface area contributed by atoms with Crippen LogP contribution in [0.25, 0.3) is 11.4 Å². The van der Waals surface area contributed by atoms with Gasteiger partial charge in [0.1, 0.15) is 0 Å². The number of benzene rings is 1. The van der Waals surface area contributed by atoms with Crippen LogP contribution in [0.1, 0.15) is 22.7 Å². The summed E-state index contributed by atoms with van der Waals surface area (Å²) < 4.78 is 15.5. The first-order valence-electron chi connectivity index (χ1n) is 8.41. The van der Waals surface area contributed by atoms with Crippen molar-refractivity contribution in [2.75, 3.05) is 6.79 Å². The van der Waals surface area contributed by atoms with E-state index in [1.54, 1.807) is 42.7 Å². The highest BCUT2D eigenvalue weighted by molar-refractivity contribution is 5.96. The third kappa shape index (κ3) is 3.90. The number of hydrogen-bond donors (Lipinski definition) is 2. The van der Waals surface area contributed by atoms with Crippen LogP contribution in [-0.2, 0) is 11.2 Å². The average Bonchev–Trinajstić information content (AvgIpc) is 3.40. The standard InChI is InChI=1S/C18H15N5O5/c24-15(5-6-16-20-17(23-28-16)12-2-1-7-19-9-12)21-22-18(25)11-3-4-13-14(8-11)27-10-26-13/h1-4,7-9H,5-6,10H2,(H,21,24)(H,22,25). The molecule has 142 valence electrons. The van der Waals surface area contributed by atoms with Gasteiger partial charge in [-0.3, -0.25) is 25.4 Å². The average molecular weight is 381 g/mol. The third-order valence-electron chi connectivity index (χ3n) is 3.90. The topological polar surface area (TPSA) is 128 Å². The summed E-state index contributed by atoms with van der Waals surface area (Å²) in [5.41, 5.74) is 5.75. The van der Waals surface area contributed by atoms with E-state index in [1.165, 1.54) is 0 Å². The normalized spacial score (nSPS) is 11.9. The molecule has 4 rings (SSSR count). The van der Waals surface area contributed by atoms with Crippen LogP contribution in [-0.4, -0.2) is 33.7 Å². The van der Waals surface area contributed by atoms with E-state index in [4.69, 9.17) is 14.0 Å². The summed E-state index contributed by atoms with van der Waals surface area (Å²) in [6.45, 7) is 0.120. The molecule has 1 aromatic carbocycles. The van der Waals surface area contributed by atoms with Crippen molar-refractivity contribution < 1.29 is 23.6 Å². The lowest BCUT2D eigenvalue weighted by molar-refractivity contribution is -0.121. The molecule has 0 saturated carbocycles. The molecule has 3 heterocycles. The number of aromatic nitrogens is 3. The number of nitrogens with zero attached hydrogens (tertiary/aromatic N) is 3. The minimum atomic E-state index is -0.469. The molecule has 0 saturated heterocycles. The lowest BCUT2D eigenvalue weighted by Gasteiger charge is -2.07. The number of rotatable bonds is 5. The van der Waals surface area contributed by atoms with E-state index in [0.717, 1.165) is 5.56 Å². The van der Waals surface area contributed by atoms with E-state index in [0.29, 0.717) is 28.8 Å². The van der Waals surface area contributed by atoms with Gasteiger partial charge in [0.15, 0.2) is 11.5 Å². The summed E-state index contributed by atoms with van der Waals surface area (Å²) >= 11 is 0. The summed E-state index contributed by atoms with van der Waals surface area (Å²) in [6, 6.07) is 8.33. The molecule has 0 radical (unpaired) electrons. The maximum Gasteiger partial charge on any atom is 0.269 e. The van der Waals surface area contributed by atoms with E-state index in [-0.39, 0.29) is 19.6 Å². The first-order chi connectivity index (χ1) is 13.7. The fourth-order valence-electron chi connectivity index (χ4n) is 2.49. The highest BCUT2D eigenvalue weighted by atomic mass is 16.7. The van der Waals surface area contributed by atoms with E-state index in [1.807, 2.05) is 0 Å². The predicted molar refractivity (Wildman–Crippen MR) is 94.0 cm³/mol. The molecule has 1 aliphatic heterocycles. The number of ether oxygens (including phenoxy) is 2. The Kier molecular flexibility index (Phi) is 4.83. The first kappa shape index (κ1) is 17.5. The van der Waals surface area contributed by atoms with Crippen LogP contribution in [0.4, 0.5) is 0 Å². The van der Waals surface area contributed by atoms with Crippen LogP contribution in [0.2, 0.25) is 0 Å². The molecule has 2 N–H and O–H groups in total. The monoisotopic (exact) mass is 381 g/mol. The molecular formula is C18H15N5O5.